The molecule has 0 unspecified atom stereocenters. The van der Waals surface area contributed by atoms with Gasteiger partial charge in [0.2, 0.25) is 0 Å². The lowest BCUT2D eigenvalue weighted by atomic mass is 10.2. The van der Waals surface area contributed by atoms with Crippen molar-refractivity contribution < 1.29 is 9.53 Å². The van der Waals surface area contributed by atoms with Crippen molar-refractivity contribution in [2.75, 3.05) is 11.9 Å². The number of nitrogens with zero attached hydrogens (tertiary/aromatic N) is 2. The quantitative estimate of drug-likeness (QED) is 0.570. The van der Waals surface area contributed by atoms with Crippen LogP contribution < -0.4 is 10.1 Å². The van der Waals surface area contributed by atoms with Crippen LogP contribution in [0.4, 0.5) is 11.5 Å². The molecule has 1 heterocycles. The Hall–Kier alpha value is -3.34. The van der Waals surface area contributed by atoms with Crippen LogP contribution in [0.5, 0.6) is 5.75 Å². The van der Waals surface area contributed by atoms with E-state index in [1.165, 1.54) is 0 Å². The number of nitrogens with one attached hydrogen (secondary N) is 1. The molecule has 0 spiro atoms. The smallest absolute Gasteiger partial charge is 0.255 e. The number of ether oxygens (including phenoxy) is 1. The monoisotopic (exact) mass is 389 g/mol. The molecule has 0 aliphatic heterocycles. The molecule has 2 aromatic carbocycles. The first-order chi connectivity index (χ1) is 14.0. The van der Waals surface area contributed by atoms with E-state index in [-0.39, 0.29) is 12.0 Å². The molecule has 1 aromatic heterocycles. The van der Waals surface area contributed by atoms with Gasteiger partial charge >= 0.3 is 0 Å². The number of pyridine rings is 1. The fourth-order valence-electron chi connectivity index (χ4n) is 2.94. The Bertz CT molecular complexity index is 907. The largest absolute Gasteiger partial charge is 0.491 e. The SMILES string of the molecule is CCN(Cc1ccccc1)C(=O)c1ccc(Nc2ccc(OC(C)C)cc2)nc1. The third-order valence-corrected chi connectivity index (χ3v) is 4.39. The third kappa shape index (κ3) is 5.82. The third-order valence-electron chi connectivity index (χ3n) is 4.39. The highest BCUT2D eigenvalue weighted by molar-refractivity contribution is 5.94. The van der Waals surface area contributed by atoms with Crippen molar-refractivity contribution in [2.45, 2.75) is 33.4 Å². The molecular weight excluding hydrogens is 362 g/mol. The molecule has 3 rings (SSSR count). The van der Waals surface area contributed by atoms with Gasteiger partial charge in [-0.3, -0.25) is 4.79 Å². The summed E-state index contributed by atoms with van der Waals surface area (Å²) < 4.78 is 5.65. The van der Waals surface area contributed by atoms with Gasteiger partial charge in [0.1, 0.15) is 11.6 Å². The first-order valence-electron chi connectivity index (χ1n) is 9.88. The van der Waals surface area contributed by atoms with Crippen LogP contribution in [0.25, 0.3) is 0 Å². The van der Waals surface area contributed by atoms with E-state index in [9.17, 15) is 4.79 Å². The molecule has 1 amide bonds. The van der Waals surface area contributed by atoms with E-state index in [1.807, 2.05) is 92.4 Å². The lowest BCUT2D eigenvalue weighted by molar-refractivity contribution is 0.0752. The van der Waals surface area contributed by atoms with Crippen molar-refractivity contribution >= 4 is 17.4 Å². The number of rotatable bonds is 8. The van der Waals surface area contributed by atoms with Crippen LogP contribution in [0, 0.1) is 0 Å². The summed E-state index contributed by atoms with van der Waals surface area (Å²) in [6.45, 7) is 7.20. The minimum Gasteiger partial charge on any atom is -0.491 e. The van der Waals surface area contributed by atoms with E-state index in [2.05, 4.69) is 10.3 Å². The molecule has 0 atom stereocenters. The number of aromatic nitrogens is 1. The van der Waals surface area contributed by atoms with Gasteiger partial charge in [-0.05, 0) is 62.7 Å². The van der Waals surface area contributed by atoms with Gasteiger partial charge < -0.3 is 15.0 Å². The normalized spacial score (nSPS) is 10.6. The van der Waals surface area contributed by atoms with Gasteiger partial charge in [0, 0.05) is 25.0 Å². The van der Waals surface area contributed by atoms with Gasteiger partial charge in [0.05, 0.1) is 11.7 Å². The highest BCUT2D eigenvalue weighted by atomic mass is 16.5. The lowest BCUT2D eigenvalue weighted by Gasteiger charge is -2.21. The van der Waals surface area contributed by atoms with Crippen LogP contribution in [0.1, 0.15) is 36.7 Å². The van der Waals surface area contributed by atoms with Crippen molar-refractivity contribution in [3.05, 3.63) is 84.1 Å². The van der Waals surface area contributed by atoms with E-state index in [0.717, 1.165) is 17.0 Å². The predicted octanol–water partition coefficient (Wildman–Crippen LogP) is 5.27. The standard InChI is InChI=1S/C24H27N3O2/c1-4-27(17-19-8-6-5-7-9-19)24(28)20-10-15-23(25-16-20)26-21-11-13-22(14-12-21)29-18(2)3/h5-16,18H,4,17H2,1-3H3,(H,25,26). The minimum absolute atomic E-state index is 0.0226. The number of carbonyl (C=O) groups is 1. The van der Waals surface area contributed by atoms with E-state index < -0.39 is 0 Å². The summed E-state index contributed by atoms with van der Waals surface area (Å²) in [6.07, 6.45) is 1.76. The van der Waals surface area contributed by atoms with Gasteiger partial charge in [0.15, 0.2) is 0 Å². The van der Waals surface area contributed by atoms with Crippen LogP contribution in [0.3, 0.4) is 0 Å². The molecule has 3 aromatic rings. The fourth-order valence-corrected chi connectivity index (χ4v) is 2.94. The number of hydrogen-bond acceptors (Lipinski definition) is 4. The van der Waals surface area contributed by atoms with Crippen LogP contribution >= 0.6 is 0 Å². The van der Waals surface area contributed by atoms with Crippen LogP contribution in [0.15, 0.2) is 72.9 Å². The molecule has 0 fully saturated rings. The molecule has 150 valence electrons. The molecule has 0 saturated carbocycles. The molecule has 5 heteroatoms. The maximum atomic E-state index is 12.8. The second kappa shape index (κ2) is 9.73. The van der Waals surface area contributed by atoms with Crippen molar-refractivity contribution in [3.63, 3.8) is 0 Å². The molecule has 0 radical (unpaired) electrons. The summed E-state index contributed by atoms with van der Waals surface area (Å²) >= 11 is 0. The van der Waals surface area contributed by atoms with Gasteiger partial charge in [-0.2, -0.15) is 0 Å². The van der Waals surface area contributed by atoms with E-state index in [4.69, 9.17) is 4.74 Å². The molecule has 0 bridgehead atoms. The Morgan fingerprint density at radius 3 is 2.34 bits per heavy atom. The Morgan fingerprint density at radius 1 is 1.03 bits per heavy atom. The van der Waals surface area contributed by atoms with E-state index >= 15 is 0 Å². The van der Waals surface area contributed by atoms with Crippen molar-refractivity contribution in [3.8, 4) is 5.75 Å². The van der Waals surface area contributed by atoms with Gasteiger partial charge in [-0.1, -0.05) is 30.3 Å². The minimum atomic E-state index is -0.0226. The Labute approximate surface area is 172 Å². The summed E-state index contributed by atoms with van der Waals surface area (Å²) in [7, 11) is 0. The molecular formula is C24H27N3O2. The second-order valence-corrected chi connectivity index (χ2v) is 7.05. The van der Waals surface area contributed by atoms with Crippen LogP contribution in [-0.2, 0) is 6.54 Å². The number of amides is 1. The topological polar surface area (TPSA) is 54.5 Å². The lowest BCUT2D eigenvalue weighted by Crippen LogP contribution is -2.30. The average Bonchev–Trinajstić information content (AvgIpc) is 2.74. The summed E-state index contributed by atoms with van der Waals surface area (Å²) in [5.41, 5.74) is 2.60. The second-order valence-electron chi connectivity index (χ2n) is 7.05. The van der Waals surface area contributed by atoms with Crippen molar-refractivity contribution in [1.29, 1.82) is 0 Å². The number of benzene rings is 2. The molecule has 0 aliphatic rings. The van der Waals surface area contributed by atoms with Crippen LogP contribution in [-0.4, -0.2) is 28.4 Å². The molecule has 1 N–H and O–H groups in total. The zero-order valence-corrected chi connectivity index (χ0v) is 17.1. The maximum absolute atomic E-state index is 12.8. The van der Waals surface area contributed by atoms with E-state index in [0.29, 0.717) is 24.5 Å². The molecule has 29 heavy (non-hydrogen) atoms. The molecule has 5 nitrogen and oxygen atoms in total. The predicted molar refractivity (Wildman–Crippen MR) is 117 cm³/mol. The summed E-state index contributed by atoms with van der Waals surface area (Å²) in [6, 6.07) is 21.3. The number of anilines is 2. The first-order valence-corrected chi connectivity index (χ1v) is 9.88. The van der Waals surface area contributed by atoms with Gasteiger partial charge in [-0.25, -0.2) is 4.98 Å². The molecule has 0 aliphatic carbocycles. The summed E-state index contributed by atoms with van der Waals surface area (Å²) in [5, 5.41) is 3.24. The first kappa shape index (κ1) is 20.4. The Kier molecular flexibility index (Phi) is 6.85. The number of hydrogen-bond donors (Lipinski definition) is 1. The maximum Gasteiger partial charge on any atom is 0.255 e. The zero-order valence-electron chi connectivity index (χ0n) is 17.1. The van der Waals surface area contributed by atoms with Crippen LogP contribution in [0.2, 0.25) is 0 Å². The number of carbonyl (C=O) groups excluding carboxylic acids is 1. The zero-order chi connectivity index (χ0) is 20.6. The highest BCUT2D eigenvalue weighted by Gasteiger charge is 2.15. The van der Waals surface area contributed by atoms with Gasteiger partial charge in [-0.15, -0.1) is 0 Å². The summed E-state index contributed by atoms with van der Waals surface area (Å²) in [4.78, 5) is 19.0. The summed E-state index contributed by atoms with van der Waals surface area (Å²) in [5.74, 6) is 1.49. The van der Waals surface area contributed by atoms with Crippen molar-refractivity contribution in [1.82, 2.24) is 9.88 Å². The average molecular weight is 389 g/mol. The molecule has 0 saturated heterocycles. The Balaban J connectivity index is 1.63. The highest BCUT2D eigenvalue weighted by Crippen LogP contribution is 2.20. The van der Waals surface area contributed by atoms with E-state index in [1.54, 1.807) is 6.20 Å². The Morgan fingerprint density at radius 2 is 1.76 bits per heavy atom. The fraction of sp³-hybridized carbons (Fsp3) is 0.250. The van der Waals surface area contributed by atoms with Gasteiger partial charge in [0.25, 0.3) is 5.91 Å². The van der Waals surface area contributed by atoms with Crippen molar-refractivity contribution in [2.24, 2.45) is 0 Å².